The van der Waals surface area contributed by atoms with Crippen LogP contribution in [-0.2, 0) is 9.59 Å². The van der Waals surface area contributed by atoms with Gasteiger partial charge in [0, 0.05) is 32.3 Å². The molecule has 8 heteroatoms. The second kappa shape index (κ2) is 10.6. The highest BCUT2D eigenvalue weighted by atomic mass is 16.2. The third kappa shape index (κ3) is 6.62. The van der Waals surface area contributed by atoms with Crippen LogP contribution in [0.2, 0.25) is 0 Å². The van der Waals surface area contributed by atoms with E-state index in [0.29, 0.717) is 19.5 Å². The van der Waals surface area contributed by atoms with Crippen LogP contribution in [0, 0.1) is 6.92 Å². The standard InChI is InChI=1S/C19H29N5O3/c1-3-4-10-24(19(27)16-13-21-14(2)12-22-16)11-8-17(25)23-15-7-5-6-9-20-18(15)26/h12-13,15H,3-11H2,1-2H3,(H,20,26)(H,23,25). The van der Waals surface area contributed by atoms with Crippen molar-refractivity contribution in [1.82, 2.24) is 25.5 Å². The molecule has 0 radical (unpaired) electrons. The maximum atomic E-state index is 12.7. The van der Waals surface area contributed by atoms with E-state index < -0.39 is 6.04 Å². The summed E-state index contributed by atoms with van der Waals surface area (Å²) in [5.74, 6) is -0.577. The Bertz CT molecular complexity index is 647. The van der Waals surface area contributed by atoms with E-state index in [1.807, 2.05) is 13.8 Å². The lowest BCUT2D eigenvalue weighted by molar-refractivity contribution is -0.128. The van der Waals surface area contributed by atoms with Crippen LogP contribution in [0.15, 0.2) is 12.4 Å². The Balaban J connectivity index is 1.92. The van der Waals surface area contributed by atoms with Gasteiger partial charge in [0.1, 0.15) is 11.7 Å². The van der Waals surface area contributed by atoms with Crippen molar-refractivity contribution in [1.29, 1.82) is 0 Å². The highest BCUT2D eigenvalue weighted by molar-refractivity contribution is 5.92. The van der Waals surface area contributed by atoms with Gasteiger partial charge in [-0.05, 0) is 32.6 Å². The number of carbonyl (C=O) groups is 3. The van der Waals surface area contributed by atoms with Crippen LogP contribution in [-0.4, -0.2) is 58.3 Å². The molecular formula is C19H29N5O3. The number of aromatic nitrogens is 2. The van der Waals surface area contributed by atoms with Gasteiger partial charge in [-0.2, -0.15) is 0 Å². The summed E-state index contributed by atoms with van der Waals surface area (Å²) in [5.41, 5.74) is 1.02. The highest BCUT2D eigenvalue weighted by Crippen LogP contribution is 2.07. The fraction of sp³-hybridized carbons (Fsp3) is 0.632. The quantitative estimate of drug-likeness (QED) is 0.710. The lowest BCUT2D eigenvalue weighted by Gasteiger charge is -2.22. The predicted molar refractivity (Wildman–Crippen MR) is 101 cm³/mol. The van der Waals surface area contributed by atoms with E-state index in [-0.39, 0.29) is 36.4 Å². The molecule has 0 aliphatic carbocycles. The van der Waals surface area contributed by atoms with E-state index in [0.717, 1.165) is 31.4 Å². The van der Waals surface area contributed by atoms with Crippen molar-refractivity contribution in [3.63, 3.8) is 0 Å². The van der Waals surface area contributed by atoms with Gasteiger partial charge in [0.15, 0.2) is 0 Å². The minimum absolute atomic E-state index is 0.130. The average Bonchev–Trinajstić information content (AvgIpc) is 2.86. The topological polar surface area (TPSA) is 104 Å². The number of nitrogens with zero attached hydrogens (tertiary/aromatic N) is 3. The Morgan fingerprint density at radius 1 is 1.26 bits per heavy atom. The first-order chi connectivity index (χ1) is 13.0. The summed E-state index contributed by atoms with van der Waals surface area (Å²) < 4.78 is 0. The molecule has 27 heavy (non-hydrogen) atoms. The smallest absolute Gasteiger partial charge is 0.274 e. The summed E-state index contributed by atoms with van der Waals surface area (Å²) in [6.07, 6.45) is 7.43. The van der Waals surface area contributed by atoms with Crippen molar-refractivity contribution < 1.29 is 14.4 Å². The highest BCUT2D eigenvalue weighted by Gasteiger charge is 2.23. The molecule has 2 N–H and O–H groups in total. The third-order valence-corrected chi connectivity index (χ3v) is 4.55. The Morgan fingerprint density at radius 2 is 2.07 bits per heavy atom. The zero-order chi connectivity index (χ0) is 19.6. The number of aryl methyl sites for hydroxylation is 1. The predicted octanol–water partition coefficient (Wildman–Crippen LogP) is 1.20. The lowest BCUT2D eigenvalue weighted by atomic mass is 10.1. The largest absolute Gasteiger partial charge is 0.354 e. The SMILES string of the molecule is CCCCN(CCC(=O)NC1CCCCNC1=O)C(=O)c1cnc(C)cn1. The summed E-state index contributed by atoms with van der Waals surface area (Å²) >= 11 is 0. The van der Waals surface area contributed by atoms with E-state index >= 15 is 0 Å². The van der Waals surface area contributed by atoms with Gasteiger partial charge >= 0.3 is 0 Å². The molecule has 1 saturated heterocycles. The normalized spacial score (nSPS) is 17.0. The number of amides is 3. The Hall–Kier alpha value is -2.51. The molecular weight excluding hydrogens is 346 g/mol. The van der Waals surface area contributed by atoms with E-state index in [4.69, 9.17) is 0 Å². The Labute approximate surface area is 160 Å². The van der Waals surface area contributed by atoms with Crippen LogP contribution in [0.4, 0.5) is 0 Å². The molecule has 8 nitrogen and oxygen atoms in total. The molecule has 1 unspecified atom stereocenters. The van der Waals surface area contributed by atoms with E-state index in [1.54, 1.807) is 11.1 Å². The van der Waals surface area contributed by atoms with Crippen LogP contribution in [0.25, 0.3) is 0 Å². The zero-order valence-corrected chi connectivity index (χ0v) is 16.2. The van der Waals surface area contributed by atoms with Crippen LogP contribution in [0.1, 0.15) is 61.6 Å². The molecule has 1 aromatic heterocycles. The van der Waals surface area contributed by atoms with Crippen LogP contribution < -0.4 is 10.6 Å². The summed E-state index contributed by atoms with van der Waals surface area (Å²) in [7, 11) is 0. The van der Waals surface area contributed by atoms with Crippen molar-refractivity contribution >= 4 is 17.7 Å². The van der Waals surface area contributed by atoms with Crippen LogP contribution in [0.5, 0.6) is 0 Å². The molecule has 2 rings (SSSR count). The fourth-order valence-electron chi connectivity index (χ4n) is 2.91. The first-order valence-electron chi connectivity index (χ1n) is 9.66. The first-order valence-corrected chi connectivity index (χ1v) is 9.66. The monoisotopic (exact) mass is 375 g/mol. The Morgan fingerprint density at radius 3 is 2.78 bits per heavy atom. The van der Waals surface area contributed by atoms with Gasteiger partial charge in [-0.1, -0.05) is 13.3 Å². The zero-order valence-electron chi connectivity index (χ0n) is 16.2. The number of hydrogen-bond acceptors (Lipinski definition) is 5. The van der Waals surface area contributed by atoms with Gasteiger partial charge in [-0.3, -0.25) is 19.4 Å². The maximum absolute atomic E-state index is 12.7. The van der Waals surface area contributed by atoms with Crippen LogP contribution >= 0.6 is 0 Å². The summed E-state index contributed by atoms with van der Waals surface area (Å²) in [4.78, 5) is 46.8. The molecule has 0 spiro atoms. The maximum Gasteiger partial charge on any atom is 0.274 e. The molecule has 1 atom stereocenters. The summed E-state index contributed by atoms with van der Waals surface area (Å²) in [6, 6.07) is -0.484. The summed E-state index contributed by atoms with van der Waals surface area (Å²) in [5, 5.41) is 5.59. The van der Waals surface area contributed by atoms with Gasteiger partial charge in [0.2, 0.25) is 11.8 Å². The van der Waals surface area contributed by atoms with Crippen molar-refractivity contribution in [3.05, 3.63) is 23.8 Å². The first kappa shape index (κ1) is 20.8. The van der Waals surface area contributed by atoms with Crippen molar-refractivity contribution in [2.45, 2.75) is 58.4 Å². The number of carbonyl (C=O) groups excluding carboxylic acids is 3. The number of nitrogens with one attached hydrogen (secondary N) is 2. The summed E-state index contributed by atoms with van der Waals surface area (Å²) in [6.45, 7) is 5.36. The second-order valence-electron chi connectivity index (χ2n) is 6.85. The molecule has 1 aliphatic rings. The molecule has 1 fully saturated rings. The minimum atomic E-state index is -0.484. The van der Waals surface area contributed by atoms with Crippen molar-refractivity contribution in [2.75, 3.05) is 19.6 Å². The van der Waals surface area contributed by atoms with Crippen LogP contribution in [0.3, 0.4) is 0 Å². The number of unbranched alkanes of at least 4 members (excludes halogenated alkanes) is 1. The Kier molecular flexibility index (Phi) is 8.16. The van der Waals surface area contributed by atoms with Crippen molar-refractivity contribution in [3.8, 4) is 0 Å². The van der Waals surface area contributed by atoms with Gasteiger partial charge in [0.25, 0.3) is 5.91 Å². The molecule has 1 aromatic rings. The number of hydrogen-bond donors (Lipinski definition) is 2. The van der Waals surface area contributed by atoms with Gasteiger partial charge in [-0.25, -0.2) is 4.98 Å². The molecule has 2 heterocycles. The number of rotatable bonds is 8. The lowest BCUT2D eigenvalue weighted by Crippen LogP contribution is -2.46. The molecule has 1 aliphatic heterocycles. The van der Waals surface area contributed by atoms with Crippen molar-refractivity contribution in [2.24, 2.45) is 0 Å². The van der Waals surface area contributed by atoms with Gasteiger partial charge < -0.3 is 15.5 Å². The molecule has 0 saturated carbocycles. The molecule has 0 bridgehead atoms. The van der Waals surface area contributed by atoms with E-state index in [9.17, 15) is 14.4 Å². The van der Waals surface area contributed by atoms with E-state index in [1.165, 1.54) is 6.20 Å². The molecule has 0 aromatic carbocycles. The van der Waals surface area contributed by atoms with Gasteiger partial charge in [0.05, 0.1) is 11.9 Å². The fourth-order valence-corrected chi connectivity index (χ4v) is 2.91. The minimum Gasteiger partial charge on any atom is -0.354 e. The molecule has 3 amide bonds. The average molecular weight is 375 g/mol. The third-order valence-electron chi connectivity index (χ3n) is 4.55. The van der Waals surface area contributed by atoms with E-state index in [2.05, 4.69) is 20.6 Å². The molecule has 148 valence electrons. The second-order valence-corrected chi connectivity index (χ2v) is 6.85. The van der Waals surface area contributed by atoms with Gasteiger partial charge in [-0.15, -0.1) is 0 Å².